The summed E-state index contributed by atoms with van der Waals surface area (Å²) in [4.78, 5) is 8.15. The van der Waals surface area contributed by atoms with E-state index in [1.165, 1.54) is 0 Å². The SMILES string of the molecule is C[C@H](N)c1nc(-c2ncccc2Cl)no1. The molecule has 5 nitrogen and oxygen atoms in total. The zero-order chi connectivity index (χ0) is 10.8. The number of nitrogens with zero attached hydrogens (tertiary/aromatic N) is 3. The van der Waals surface area contributed by atoms with E-state index in [4.69, 9.17) is 21.9 Å². The molecule has 2 aromatic heterocycles. The number of hydrogen-bond acceptors (Lipinski definition) is 5. The molecule has 0 radical (unpaired) electrons. The minimum absolute atomic E-state index is 0.297. The van der Waals surface area contributed by atoms with Crippen molar-refractivity contribution in [2.24, 2.45) is 5.73 Å². The van der Waals surface area contributed by atoms with Crippen LogP contribution in [0.4, 0.5) is 0 Å². The van der Waals surface area contributed by atoms with Crippen molar-refractivity contribution in [1.29, 1.82) is 0 Å². The van der Waals surface area contributed by atoms with Gasteiger partial charge in [0.1, 0.15) is 5.69 Å². The van der Waals surface area contributed by atoms with Crippen molar-refractivity contribution in [3.63, 3.8) is 0 Å². The van der Waals surface area contributed by atoms with Crippen LogP contribution < -0.4 is 5.73 Å². The Morgan fingerprint density at radius 2 is 2.33 bits per heavy atom. The van der Waals surface area contributed by atoms with Gasteiger partial charge >= 0.3 is 0 Å². The summed E-state index contributed by atoms with van der Waals surface area (Å²) in [6.07, 6.45) is 1.61. The highest BCUT2D eigenvalue weighted by molar-refractivity contribution is 6.32. The first-order valence-corrected chi connectivity index (χ1v) is 4.76. The quantitative estimate of drug-likeness (QED) is 0.842. The van der Waals surface area contributed by atoms with E-state index in [-0.39, 0.29) is 6.04 Å². The van der Waals surface area contributed by atoms with E-state index >= 15 is 0 Å². The Hall–Kier alpha value is -1.46. The first-order valence-electron chi connectivity index (χ1n) is 4.38. The molecule has 0 aromatic carbocycles. The third kappa shape index (κ3) is 1.98. The topological polar surface area (TPSA) is 77.8 Å². The van der Waals surface area contributed by atoms with Gasteiger partial charge in [-0.3, -0.25) is 4.98 Å². The maximum atomic E-state index is 5.93. The van der Waals surface area contributed by atoms with Gasteiger partial charge in [0.15, 0.2) is 0 Å². The average Bonchev–Trinajstić information content (AvgIpc) is 2.67. The Morgan fingerprint density at radius 1 is 1.53 bits per heavy atom. The van der Waals surface area contributed by atoms with Crippen LogP contribution in [0.15, 0.2) is 22.9 Å². The third-order valence-electron chi connectivity index (χ3n) is 1.80. The van der Waals surface area contributed by atoms with Crippen molar-refractivity contribution in [2.75, 3.05) is 0 Å². The summed E-state index contributed by atoms with van der Waals surface area (Å²) in [6, 6.07) is 3.15. The van der Waals surface area contributed by atoms with Gasteiger partial charge < -0.3 is 10.3 Å². The van der Waals surface area contributed by atoms with Crippen LogP contribution in [-0.4, -0.2) is 15.1 Å². The number of rotatable bonds is 2. The second-order valence-corrected chi connectivity index (χ2v) is 3.49. The maximum absolute atomic E-state index is 5.93. The Kier molecular flexibility index (Phi) is 2.66. The monoisotopic (exact) mass is 224 g/mol. The van der Waals surface area contributed by atoms with Gasteiger partial charge in [-0.1, -0.05) is 16.8 Å². The first kappa shape index (κ1) is 10.1. The van der Waals surface area contributed by atoms with Crippen LogP contribution in [0.5, 0.6) is 0 Å². The molecule has 15 heavy (non-hydrogen) atoms. The standard InChI is InChI=1S/C9H9ClN4O/c1-5(11)9-13-8(14-15-9)7-6(10)3-2-4-12-7/h2-5H,11H2,1H3/t5-/m0/s1. The minimum Gasteiger partial charge on any atom is -0.337 e. The fourth-order valence-electron chi connectivity index (χ4n) is 1.07. The lowest BCUT2D eigenvalue weighted by Crippen LogP contribution is -2.04. The van der Waals surface area contributed by atoms with Crippen LogP contribution in [0.25, 0.3) is 11.5 Å². The van der Waals surface area contributed by atoms with Gasteiger partial charge in [-0.2, -0.15) is 4.98 Å². The van der Waals surface area contributed by atoms with Gasteiger partial charge in [-0.05, 0) is 19.1 Å². The lowest BCUT2D eigenvalue weighted by molar-refractivity contribution is 0.362. The highest BCUT2D eigenvalue weighted by Gasteiger charge is 2.14. The lowest BCUT2D eigenvalue weighted by Gasteiger charge is -1.95. The molecule has 6 heteroatoms. The molecule has 0 amide bonds. The summed E-state index contributed by atoms with van der Waals surface area (Å²) < 4.78 is 4.95. The molecule has 0 aliphatic rings. The fourth-order valence-corrected chi connectivity index (χ4v) is 1.27. The van der Waals surface area contributed by atoms with E-state index in [0.717, 1.165) is 0 Å². The van der Waals surface area contributed by atoms with Crippen molar-refractivity contribution in [3.8, 4) is 11.5 Å². The lowest BCUT2D eigenvalue weighted by atomic mass is 10.3. The summed E-state index contributed by atoms with van der Waals surface area (Å²) in [5.41, 5.74) is 6.09. The molecule has 2 N–H and O–H groups in total. The van der Waals surface area contributed by atoms with Crippen LogP contribution in [0.1, 0.15) is 18.9 Å². The van der Waals surface area contributed by atoms with Crippen LogP contribution >= 0.6 is 11.6 Å². The van der Waals surface area contributed by atoms with Gasteiger partial charge in [0.05, 0.1) is 11.1 Å². The third-order valence-corrected chi connectivity index (χ3v) is 2.11. The molecule has 0 aliphatic heterocycles. The Balaban J connectivity index is 2.42. The normalized spacial score (nSPS) is 12.7. The highest BCUT2D eigenvalue weighted by atomic mass is 35.5. The molecule has 0 fully saturated rings. The predicted molar refractivity (Wildman–Crippen MR) is 55.1 cm³/mol. The number of pyridine rings is 1. The Bertz CT molecular complexity index is 469. The molecule has 2 rings (SSSR count). The Labute approximate surface area is 91.3 Å². The summed E-state index contributed by atoms with van der Waals surface area (Å²) >= 11 is 5.93. The van der Waals surface area contributed by atoms with E-state index in [1.807, 2.05) is 0 Å². The van der Waals surface area contributed by atoms with Crippen molar-refractivity contribution in [1.82, 2.24) is 15.1 Å². The molecule has 78 valence electrons. The van der Waals surface area contributed by atoms with Crippen molar-refractivity contribution in [3.05, 3.63) is 29.2 Å². The molecule has 0 saturated carbocycles. The second kappa shape index (κ2) is 3.96. The second-order valence-electron chi connectivity index (χ2n) is 3.08. The van der Waals surface area contributed by atoms with E-state index in [2.05, 4.69) is 15.1 Å². The van der Waals surface area contributed by atoms with Crippen LogP contribution in [0.3, 0.4) is 0 Å². The molecule has 0 unspecified atom stereocenters. The van der Waals surface area contributed by atoms with Crippen LogP contribution in [0.2, 0.25) is 5.02 Å². The predicted octanol–water partition coefficient (Wildman–Crippen LogP) is 1.80. The molecule has 2 aromatic rings. The average molecular weight is 225 g/mol. The van der Waals surface area contributed by atoms with Crippen LogP contribution in [-0.2, 0) is 0 Å². The van der Waals surface area contributed by atoms with Crippen molar-refractivity contribution in [2.45, 2.75) is 13.0 Å². The molecule has 0 bridgehead atoms. The largest absolute Gasteiger partial charge is 0.337 e. The molecule has 0 aliphatic carbocycles. The zero-order valence-corrected chi connectivity index (χ0v) is 8.77. The van der Waals surface area contributed by atoms with Crippen LogP contribution in [0, 0.1) is 0 Å². The van der Waals surface area contributed by atoms with E-state index < -0.39 is 0 Å². The van der Waals surface area contributed by atoms with E-state index in [0.29, 0.717) is 22.4 Å². The van der Waals surface area contributed by atoms with Gasteiger partial charge in [-0.15, -0.1) is 0 Å². The maximum Gasteiger partial charge on any atom is 0.243 e. The zero-order valence-electron chi connectivity index (χ0n) is 8.01. The molecule has 2 heterocycles. The van der Waals surface area contributed by atoms with Gasteiger partial charge in [0, 0.05) is 6.20 Å². The molecule has 0 spiro atoms. The fraction of sp³-hybridized carbons (Fsp3) is 0.222. The minimum atomic E-state index is -0.297. The molecule has 0 saturated heterocycles. The summed E-state index contributed by atoms with van der Waals surface area (Å²) in [6.45, 7) is 1.76. The van der Waals surface area contributed by atoms with Gasteiger partial charge in [0.2, 0.25) is 11.7 Å². The summed E-state index contributed by atoms with van der Waals surface area (Å²) in [5, 5.41) is 4.24. The smallest absolute Gasteiger partial charge is 0.243 e. The summed E-state index contributed by atoms with van der Waals surface area (Å²) in [7, 11) is 0. The molecular formula is C9H9ClN4O. The number of nitrogens with two attached hydrogens (primary N) is 1. The van der Waals surface area contributed by atoms with Gasteiger partial charge in [-0.25, -0.2) is 0 Å². The summed E-state index contributed by atoms with van der Waals surface area (Å²) in [5.74, 6) is 0.722. The van der Waals surface area contributed by atoms with Crippen molar-refractivity contribution < 1.29 is 4.52 Å². The first-order chi connectivity index (χ1) is 7.18. The van der Waals surface area contributed by atoms with Crippen molar-refractivity contribution >= 4 is 11.6 Å². The number of hydrogen-bond donors (Lipinski definition) is 1. The van der Waals surface area contributed by atoms with Gasteiger partial charge in [0.25, 0.3) is 0 Å². The molecule has 1 atom stereocenters. The van der Waals surface area contributed by atoms with E-state index in [9.17, 15) is 0 Å². The number of aromatic nitrogens is 3. The Morgan fingerprint density at radius 3 is 2.93 bits per heavy atom. The number of halogens is 1. The van der Waals surface area contributed by atoms with E-state index in [1.54, 1.807) is 25.3 Å². The highest BCUT2D eigenvalue weighted by Crippen LogP contribution is 2.23. The molecular weight excluding hydrogens is 216 g/mol.